The zero-order valence-electron chi connectivity index (χ0n) is 8.98. The summed E-state index contributed by atoms with van der Waals surface area (Å²) in [7, 11) is 0. The molecular formula is C13H14N2O. The van der Waals surface area contributed by atoms with Crippen LogP contribution in [-0.4, -0.2) is 23.2 Å². The molecule has 3 nitrogen and oxygen atoms in total. The Morgan fingerprint density at radius 1 is 1.31 bits per heavy atom. The van der Waals surface area contributed by atoms with Gasteiger partial charge in [0.2, 0.25) is 0 Å². The molecule has 82 valence electrons. The number of benzene rings is 1. The Labute approximate surface area is 94.1 Å². The lowest BCUT2D eigenvalue weighted by Crippen LogP contribution is -2.28. The van der Waals surface area contributed by atoms with Gasteiger partial charge in [0.15, 0.2) is 0 Å². The molecule has 2 aromatic rings. The molecule has 1 aliphatic heterocycles. The Balaban J connectivity index is 2.11. The fraction of sp³-hybridized carbons (Fsp3) is 0.308. The van der Waals surface area contributed by atoms with Gasteiger partial charge in [0.25, 0.3) is 0 Å². The van der Waals surface area contributed by atoms with E-state index < -0.39 is 5.60 Å². The summed E-state index contributed by atoms with van der Waals surface area (Å²) in [6.45, 7) is 1.48. The van der Waals surface area contributed by atoms with Crippen LogP contribution in [0.5, 0.6) is 0 Å². The van der Waals surface area contributed by atoms with Gasteiger partial charge in [-0.25, -0.2) is 0 Å². The van der Waals surface area contributed by atoms with Crippen LogP contribution in [0.15, 0.2) is 36.5 Å². The van der Waals surface area contributed by atoms with Crippen molar-refractivity contribution in [3.63, 3.8) is 0 Å². The minimum atomic E-state index is -0.739. The Kier molecular flexibility index (Phi) is 2.16. The molecule has 1 aromatic carbocycles. The first-order valence-electron chi connectivity index (χ1n) is 5.56. The van der Waals surface area contributed by atoms with Gasteiger partial charge in [0.1, 0.15) is 5.60 Å². The minimum Gasteiger partial charge on any atom is -0.384 e. The van der Waals surface area contributed by atoms with Crippen molar-refractivity contribution in [1.29, 1.82) is 0 Å². The Morgan fingerprint density at radius 2 is 2.19 bits per heavy atom. The smallest absolute Gasteiger partial charge is 0.105 e. The Bertz CT molecular complexity index is 518. The second-order valence-electron chi connectivity index (χ2n) is 4.38. The number of fused-ring (bicyclic) bond motifs is 1. The predicted octanol–water partition coefficient (Wildman–Crippen LogP) is 1.42. The fourth-order valence-electron chi connectivity index (χ4n) is 2.25. The van der Waals surface area contributed by atoms with Crippen LogP contribution < -0.4 is 5.32 Å². The Hall–Kier alpha value is -1.45. The first-order valence-corrected chi connectivity index (χ1v) is 5.56. The molecule has 1 aliphatic rings. The number of aromatic nitrogens is 1. The average molecular weight is 214 g/mol. The summed E-state index contributed by atoms with van der Waals surface area (Å²) in [5.41, 5.74) is 1.15. The first kappa shape index (κ1) is 9.75. The van der Waals surface area contributed by atoms with Gasteiger partial charge in [-0.3, -0.25) is 4.98 Å². The standard InChI is InChI=1S/C13H14N2O/c16-13(5-6-14-9-13)11-7-10-3-1-2-4-12(10)15-8-11/h1-4,7-8,14,16H,5-6,9H2. The van der Waals surface area contributed by atoms with Gasteiger partial charge < -0.3 is 10.4 Å². The summed E-state index contributed by atoms with van der Waals surface area (Å²) >= 11 is 0. The number of aliphatic hydroxyl groups is 1. The number of nitrogens with one attached hydrogen (secondary N) is 1. The summed E-state index contributed by atoms with van der Waals surface area (Å²) in [4.78, 5) is 4.38. The highest BCUT2D eigenvalue weighted by molar-refractivity contribution is 5.78. The monoisotopic (exact) mass is 214 g/mol. The third-order valence-corrected chi connectivity index (χ3v) is 3.26. The van der Waals surface area contributed by atoms with Crippen molar-refractivity contribution in [2.45, 2.75) is 12.0 Å². The van der Waals surface area contributed by atoms with E-state index in [2.05, 4.69) is 10.3 Å². The number of pyridine rings is 1. The number of hydrogen-bond donors (Lipinski definition) is 2. The molecule has 16 heavy (non-hydrogen) atoms. The molecule has 1 saturated heterocycles. The van der Waals surface area contributed by atoms with E-state index in [-0.39, 0.29) is 0 Å². The lowest BCUT2D eigenvalue weighted by atomic mass is 9.93. The summed E-state index contributed by atoms with van der Waals surface area (Å²) in [5, 5.41) is 14.7. The fourth-order valence-corrected chi connectivity index (χ4v) is 2.25. The van der Waals surface area contributed by atoms with Crippen molar-refractivity contribution in [1.82, 2.24) is 10.3 Å². The van der Waals surface area contributed by atoms with Crippen LogP contribution in [0.25, 0.3) is 10.9 Å². The first-order chi connectivity index (χ1) is 7.78. The van der Waals surface area contributed by atoms with Crippen LogP contribution >= 0.6 is 0 Å². The van der Waals surface area contributed by atoms with Crippen molar-refractivity contribution in [3.05, 3.63) is 42.1 Å². The molecule has 1 fully saturated rings. The third kappa shape index (κ3) is 1.49. The molecule has 2 N–H and O–H groups in total. The van der Waals surface area contributed by atoms with E-state index in [1.807, 2.05) is 30.3 Å². The summed E-state index contributed by atoms with van der Waals surface area (Å²) in [6, 6.07) is 10.0. The molecule has 0 spiro atoms. The number of hydrogen-bond acceptors (Lipinski definition) is 3. The summed E-state index contributed by atoms with van der Waals surface area (Å²) in [6.07, 6.45) is 2.54. The van der Waals surface area contributed by atoms with E-state index >= 15 is 0 Å². The van der Waals surface area contributed by atoms with Crippen LogP contribution in [0, 0.1) is 0 Å². The van der Waals surface area contributed by atoms with Crippen LogP contribution in [0.2, 0.25) is 0 Å². The van der Waals surface area contributed by atoms with Crippen molar-refractivity contribution in [3.8, 4) is 0 Å². The van der Waals surface area contributed by atoms with E-state index in [0.717, 1.165) is 29.4 Å². The van der Waals surface area contributed by atoms with Gasteiger partial charge in [0, 0.05) is 23.7 Å². The number of rotatable bonds is 1. The SMILES string of the molecule is OC1(c2cnc3ccccc3c2)CCNC1. The molecule has 2 heterocycles. The van der Waals surface area contributed by atoms with Gasteiger partial charge in [-0.05, 0) is 25.1 Å². The van der Waals surface area contributed by atoms with Crippen molar-refractivity contribution in [2.24, 2.45) is 0 Å². The van der Waals surface area contributed by atoms with Crippen LogP contribution in [0.1, 0.15) is 12.0 Å². The Morgan fingerprint density at radius 3 is 3.00 bits per heavy atom. The third-order valence-electron chi connectivity index (χ3n) is 3.26. The molecule has 1 aromatic heterocycles. The molecule has 0 amide bonds. The minimum absolute atomic E-state index is 0.618. The van der Waals surface area contributed by atoms with E-state index in [1.165, 1.54) is 0 Å². The highest BCUT2D eigenvalue weighted by Crippen LogP contribution is 2.28. The van der Waals surface area contributed by atoms with E-state index in [9.17, 15) is 5.11 Å². The maximum Gasteiger partial charge on any atom is 0.105 e. The van der Waals surface area contributed by atoms with Gasteiger partial charge >= 0.3 is 0 Å². The zero-order chi connectivity index (χ0) is 11.0. The lowest BCUT2D eigenvalue weighted by Gasteiger charge is -2.21. The van der Waals surface area contributed by atoms with E-state index in [1.54, 1.807) is 6.20 Å². The largest absolute Gasteiger partial charge is 0.384 e. The maximum absolute atomic E-state index is 10.4. The van der Waals surface area contributed by atoms with Crippen LogP contribution in [0.4, 0.5) is 0 Å². The molecule has 0 aliphatic carbocycles. The average Bonchev–Trinajstić information content (AvgIpc) is 2.77. The van der Waals surface area contributed by atoms with Gasteiger partial charge in [-0.15, -0.1) is 0 Å². The molecule has 1 unspecified atom stereocenters. The second-order valence-corrected chi connectivity index (χ2v) is 4.38. The highest BCUT2D eigenvalue weighted by Gasteiger charge is 2.33. The van der Waals surface area contributed by atoms with Crippen molar-refractivity contribution < 1.29 is 5.11 Å². The zero-order valence-corrected chi connectivity index (χ0v) is 8.98. The molecule has 1 atom stereocenters. The number of β-amino-alcohol motifs (C(OH)–C–C–N with tert-alkyl or cyclic N) is 1. The van der Waals surface area contributed by atoms with E-state index in [0.29, 0.717) is 6.54 Å². The molecule has 0 saturated carbocycles. The normalized spacial score (nSPS) is 25.1. The topological polar surface area (TPSA) is 45.2 Å². The van der Waals surface area contributed by atoms with E-state index in [4.69, 9.17) is 0 Å². The van der Waals surface area contributed by atoms with Gasteiger partial charge in [0.05, 0.1) is 5.52 Å². The lowest BCUT2D eigenvalue weighted by molar-refractivity contribution is 0.0585. The number of para-hydroxylation sites is 1. The van der Waals surface area contributed by atoms with Crippen LogP contribution in [-0.2, 0) is 5.60 Å². The summed E-state index contributed by atoms with van der Waals surface area (Å²) < 4.78 is 0. The molecule has 0 radical (unpaired) electrons. The highest BCUT2D eigenvalue weighted by atomic mass is 16.3. The summed E-state index contributed by atoms with van der Waals surface area (Å²) in [5.74, 6) is 0. The second kappa shape index (κ2) is 3.54. The quantitative estimate of drug-likeness (QED) is 0.754. The molecule has 3 heteroatoms. The molecule has 0 bridgehead atoms. The number of nitrogens with zero attached hydrogens (tertiary/aromatic N) is 1. The molecular weight excluding hydrogens is 200 g/mol. The van der Waals surface area contributed by atoms with Crippen molar-refractivity contribution >= 4 is 10.9 Å². The van der Waals surface area contributed by atoms with Crippen LogP contribution in [0.3, 0.4) is 0 Å². The molecule has 3 rings (SSSR count). The maximum atomic E-state index is 10.4. The van der Waals surface area contributed by atoms with Gasteiger partial charge in [-0.1, -0.05) is 18.2 Å². The van der Waals surface area contributed by atoms with Gasteiger partial charge in [-0.2, -0.15) is 0 Å². The predicted molar refractivity (Wildman–Crippen MR) is 63.1 cm³/mol. The van der Waals surface area contributed by atoms with Crippen molar-refractivity contribution in [2.75, 3.05) is 13.1 Å².